The molecule has 0 saturated carbocycles. The number of H-pyrrole nitrogens is 1. The van der Waals surface area contributed by atoms with Crippen molar-refractivity contribution in [2.45, 2.75) is 26.9 Å². The van der Waals surface area contributed by atoms with Crippen molar-refractivity contribution in [3.8, 4) is 0 Å². The molecule has 16 heavy (non-hydrogen) atoms. The summed E-state index contributed by atoms with van der Waals surface area (Å²) in [5.41, 5.74) is 4.85. The van der Waals surface area contributed by atoms with Crippen LogP contribution in [-0.4, -0.2) is 15.2 Å². The summed E-state index contributed by atoms with van der Waals surface area (Å²) in [5, 5.41) is 10.3. The van der Waals surface area contributed by atoms with Gasteiger partial charge in [0, 0.05) is 36.7 Å². The molecule has 0 saturated heterocycles. The van der Waals surface area contributed by atoms with E-state index >= 15 is 0 Å². The zero-order valence-corrected chi connectivity index (χ0v) is 9.62. The van der Waals surface area contributed by atoms with Crippen LogP contribution in [0.15, 0.2) is 24.7 Å². The van der Waals surface area contributed by atoms with Crippen LogP contribution < -0.4 is 5.32 Å². The first-order valence-electron chi connectivity index (χ1n) is 5.36. The van der Waals surface area contributed by atoms with Crippen molar-refractivity contribution in [3.63, 3.8) is 0 Å². The van der Waals surface area contributed by atoms with Gasteiger partial charge in [-0.2, -0.15) is 5.10 Å². The third-order valence-corrected chi connectivity index (χ3v) is 2.70. The number of nitrogens with zero attached hydrogens (tertiary/aromatic N) is 2. The van der Waals surface area contributed by atoms with Crippen LogP contribution in [0.1, 0.15) is 22.4 Å². The van der Waals surface area contributed by atoms with E-state index in [1.807, 2.05) is 31.6 Å². The highest BCUT2D eigenvalue weighted by atomic mass is 15.1. The maximum atomic E-state index is 4.07. The minimum Gasteiger partial charge on any atom is -0.308 e. The summed E-state index contributed by atoms with van der Waals surface area (Å²) in [6.45, 7) is 5.80. The number of rotatable bonds is 4. The third-order valence-electron chi connectivity index (χ3n) is 2.70. The Morgan fingerprint density at radius 3 is 2.69 bits per heavy atom. The molecule has 4 heteroatoms. The van der Waals surface area contributed by atoms with E-state index in [9.17, 15) is 0 Å². The summed E-state index contributed by atoms with van der Waals surface area (Å²) in [6, 6.07) is 2.05. The number of hydrogen-bond donors (Lipinski definition) is 2. The lowest BCUT2D eigenvalue weighted by molar-refractivity contribution is 0.687. The van der Waals surface area contributed by atoms with Gasteiger partial charge in [-0.1, -0.05) is 0 Å². The van der Waals surface area contributed by atoms with Gasteiger partial charge < -0.3 is 5.32 Å². The van der Waals surface area contributed by atoms with Gasteiger partial charge in [0.05, 0.1) is 6.20 Å². The van der Waals surface area contributed by atoms with Gasteiger partial charge in [-0.15, -0.1) is 0 Å². The molecule has 2 aromatic rings. The van der Waals surface area contributed by atoms with E-state index in [4.69, 9.17) is 0 Å². The molecule has 2 N–H and O–H groups in total. The largest absolute Gasteiger partial charge is 0.308 e. The van der Waals surface area contributed by atoms with Gasteiger partial charge >= 0.3 is 0 Å². The van der Waals surface area contributed by atoms with E-state index in [0.29, 0.717) is 0 Å². The minimum absolute atomic E-state index is 0.837. The fraction of sp³-hybridized carbons (Fsp3) is 0.333. The molecule has 0 fully saturated rings. The van der Waals surface area contributed by atoms with E-state index in [2.05, 4.69) is 27.4 Å². The van der Waals surface area contributed by atoms with Crippen molar-refractivity contribution in [1.29, 1.82) is 0 Å². The predicted octanol–water partition coefficient (Wildman–Crippen LogP) is 1.71. The standard InChI is InChI=1S/C12H16N4/c1-9-5-13-4-3-11(9)6-14-7-12-8-15-16-10(12)2/h3-5,8,14H,6-7H2,1-2H3,(H,15,16). The Labute approximate surface area is 95.1 Å². The monoisotopic (exact) mass is 216 g/mol. The van der Waals surface area contributed by atoms with Crippen LogP contribution in [0.3, 0.4) is 0 Å². The van der Waals surface area contributed by atoms with Crippen molar-refractivity contribution in [1.82, 2.24) is 20.5 Å². The summed E-state index contributed by atoms with van der Waals surface area (Å²) < 4.78 is 0. The highest BCUT2D eigenvalue weighted by Gasteiger charge is 2.00. The van der Waals surface area contributed by atoms with Crippen molar-refractivity contribution < 1.29 is 0 Å². The molecule has 0 aliphatic carbocycles. The average molecular weight is 216 g/mol. The Bertz CT molecular complexity index is 462. The smallest absolute Gasteiger partial charge is 0.0535 e. The Morgan fingerprint density at radius 2 is 2.00 bits per heavy atom. The van der Waals surface area contributed by atoms with Crippen LogP contribution >= 0.6 is 0 Å². The van der Waals surface area contributed by atoms with Crippen LogP contribution in [0.2, 0.25) is 0 Å². The lowest BCUT2D eigenvalue weighted by Crippen LogP contribution is -2.13. The highest BCUT2D eigenvalue weighted by Crippen LogP contribution is 2.06. The van der Waals surface area contributed by atoms with Crippen LogP contribution in [0.25, 0.3) is 0 Å². The molecule has 0 aliphatic heterocycles. The second-order valence-electron chi connectivity index (χ2n) is 3.93. The zero-order valence-electron chi connectivity index (χ0n) is 9.62. The topological polar surface area (TPSA) is 53.6 Å². The van der Waals surface area contributed by atoms with Crippen molar-refractivity contribution in [2.24, 2.45) is 0 Å². The molecule has 0 amide bonds. The maximum Gasteiger partial charge on any atom is 0.0535 e. The average Bonchev–Trinajstić information content (AvgIpc) is 2.67. The molecule has 0 aliphatic rings. The van der Waals surface area contributed by atoms with Gasteiger partial charge in [0.2, 0.25) is 0 Å². The normalized spacial score (nSPS) is 10.6. The molecule has 2 aromatic heterocycles. The molecule has 2 rings (SSSR count). The van der Waals surface area contributed by atoms with Gasteiger partial charge in [-0.25, -0.2) is 0 Å². The molecule has 4 nitrogen and oxygen atoms in total. The Morgan fingerprint density at radius 1 is 1.19 bits per heavy atom. The Hall–Kier alpha value is -1.68. The summed E-state index contributed by atoms with van der Waals surface area (Å²) in [5.74, 6) is 0. The van der Waals surface area contributed by atoms with Crippen LogP contribution in [-0.2, 0) is 13.1 Å². The number of nitrogens with one attached hydrogen (secondary N) is 2. The Kier molecular flexibility index (Phi) is 3.31. The van der Waals surface area contributed by atoms with E-state index in [1.54, 1.807) is 0 Å². The lowest BCUT2D eigenvalue weighted by atomic mass is 10.1. The summed E-state index contributed by atoms with van der Waals surface area (Å²) in [6.07, 6.45) is 5.58. The number of aromatic nitrogens is 3. The first kappa shape index (κ1) is 10.8. The second kappa shape index (κ2) is 4.90. The van der Waals surface area contributed by atoms with Crippen LogP contribution in [0.4, 0.5) is 0 Å². The quantitative estimate of drug-likeness (QED) is 0.818. The highest BCUT2D eigenvalue weighted by molar-refractivity contribution is 5.21. The molecule has 0 bridgehead atoms. The lowest BCUT2D eigenvalue weighted by Gasteiger charge is -2.06. The fourth-order valence-corrected chi connectivity index (χ4v) is 1.59. The number of aromatic amines is 1. The molecular formula is C12H16N4. The fourth-order valence-electron chi connectivity index (χ4n) is 1.59. The van der Waals surface area contributed by atoms with Crippen molar-refractivity contribution in [2.75, 3.05) is 0 Å². The molecule has 0 radical (unpaired) electrons. The SMILES string of the molecule is Cc1cnccc1CNCc1cn[nH]c1C. The number of aryl methyl sites for hydroxylation is 2. The predicted molar refractivity (Wildman–Crippen MR) is 62.8 cm³/mol. The minimum atomic E-state index is 0.837. The molecular weight excluding hydrogens is 200 g/mol. The van der Waals surface area contributed by atoms with E-state index < -0.39 is 0 Å². The maximum absolute atomic E-state index is 4.07. The summed E-state index contributed by atoms with van der Waals surface area (Å²) in [7, 11) is 0. The van der Waals surface area contributed by atoms with Gasteiger partial charge in [0.1, 0.15) is 0 Å². The van der Waals surface area contributed by atoms with E-state index in [-0.39, 0.29) is 0 Å². The van der Waals surface area contributed by atoms with Crippen molar-refractivity contribution >= 4 is 0 Å². The van der Waals surface area contributed by atoms with Crippen LogP contribution in [0.5, 0.6) is 0 Å². The van der Waals surface area contributed by atoms with Gasteiger partial charge in [-0.05, 0) is 31.0 Å². The van der Waals surface area contributed by atoms with E-state index in [1.165, 1.54) is 16.7 Å². The molecule has 0 spiro atoms. The Balaban J connectivity index is 1.89. The van der Waals surface area contributed by atoms with Crippen LogP contribution in [0, 0.1) is 13.8 Å². The van der Waals surface area contributed by atoms with Crippen molar-refractivity contribution in [3.05, 3.63) is 47.0 Å². The second-order valence-corrected chi connectivity index (χ2v) is 3.93. The molecule has 0 atom stereocenters. The molecule has 84 valence electrons. The first-order chi connectivity index (χ1) is 7.77. The summed E-state index contributed by atoms with van der Waals surface area (Å²) >= 11 is 0. The van der Waals surface area contributed by atoms with E-state index in [0.717, 1.165) is 18.8 Å². The number of hydrogen-bond acceptors (Lipinski definition) is 3. The zero-order chi connectivity index (χ0) is 11.4. The van der Waals surface area contributed by atoms with Gasteiger partial charge in [-0.3, -0.25) is 10.1 Å². The van der Waals surface area contributed by atoms with Gasteiger partial charge in [0.25, 0.3) is 0 Å². The third kappa shape index (κ3) is 2.46. The molecule has 0 unspecified atom stereocenters. The molecule has 2 heterocycles. The van der Waals surface area contributed by atoms with Gasteiger partial charge in [0.15, 0.2) is 0 Å². The summed E-state index contributed by atoms with van der Waals surface area (Å²) in [4.78, 5) is 4.07. The molecule has 0 aromatic carbocycles. The first-order valence-corrected chi connectivity index (χ1v) is 5.36. The number of pyridine rings is 1.